The van der Waals surface area contributed by atoms with Crippen molar-refractivity contribution in [3.05, 3.63) is 35.5 Å². The zero-order valence-corrected chi connectivity index (χ0v) is 14.2. The molecule has 1 heterocycles. The van der Waals surface area contributed by atoms with Crippen molar-refractivity contribution in [1.29, 1.82) is 0 Å². The second kappa shape index (κ2) is 6.99. The summed E-state index contributed by atoms with van der Waals surface area (Å²) in [5, 5.41) is 6.71. The largest absolute Gasteiger partial charge is 0.349 e. The molecule has 5 heteroatoms. The zero-order chi connectivity index (χ0) is 17.1. The van der Waals surface area contributed by atoms with E-state index < -0.39 is 0 Å². The van der Waals surface area contributed by atoms with Gasteiger partial charge in [-0.2, -0.15) is 0 Å². The molecule has 0 radical (unpaired) electrons. The van der Waals surface area contributed by atoms with E-state index in [2.05, 4.69) is 15.6 Å². The first-order valence-corrected chi connectivity index (χ1v) is 8.53. The molecular weight excluding hydrogens is 302 g/mol. The van der Waals surface area contributed by atoms with Gasteiger partial charge < -0.3 is 10.6 Å². The summed E-state index contributed by atoms with van der Waals surface area (Å²) < 4.78 is 0. The van der Waals surface area contributed by atoms with Crippen molar-refractivity contribution < 1.29 is 9.59 Å². The molecule has 0 atom stereocenters. The molecule has 0 saturated heterocycles. The van der Waals surface area contributed by atoms with Gasteiger partial charge in [-0.15, -0.1) is 0 Å². The summed E-state index contributed by atoms with van der Waals surface area (Å²) in [6.45, 7) is 3.36. The molecule has 1 aromatic heterocycles. The lowest BCUT2D eigenvalue weighted by atomic mass is 9.95. The molecule has 3 rings (SSSR count). The molecule has 2 amide bonds. The molecule has 1 aromatic carbocycles. The standard InChI is InChI=1S/C19H23N3O2/c1-12-8-9-16-17(19(24)22-14-6-4-3-5-7-14)10-15(21-13(2)23)11-18(16)20-12/h8-11,14H,3-7H2,1-2H3,(H,21,23)(H,22,24). The van der Waals surface area contributed by atoms with Gasteiger partial charge in [0.05, 0.1) is 11.1 Å². The smallest absolute Gasteiger partial charge is 0.252 e. The second-order valence-electron chi connectivity index (χ2n) is 6.53. The zero-order valence-electron chi connectivity index (χ0n) is 14.2. The number of benzene rings is 1. The molecule has 1 aliphatic carbocycles. The van der Waals surface area contributed by atoms with Gasteiger partial charge in [-0.1, -0.05) is 25.3 Å². The molecule has 1 aliphatic rings. The van der Waals surface area contributed by atoms with Gasteiger partial charge >= 0.3 is 0 Å². The quantitative estimate of drug-likeness (QED) is 0.906. The van der Waals surface area contributed by atoms with Crippen molar-refractivity contribution in [3.8, 4) is 0 Å². The summed E-state index contributed by atoms with van der Waals surface area (Å²) in [4.78, 5) is 28.7. The van der Waals surface area contributed by atoms with Crippen LogP contribution in [0.15, 0.2) is 24.3 Å². The Balaban J connectivity index is 1.97. The maximum absolute atomic E-state index is 12.8. The fraction of sp³-hybridized carbons (Fsp3) is 0.421. The second-order valence-corrected chi connectivity index (χ2v) is 6.53. The molecule has 5 nitrogen and oxygen atoms in total. The fourth-order valence-electron chi connectivity index (χ4n) is 3.31. The number of anilines is 1. The van der Waals surface area contributed by atoms with Crippen LogP contribution in [0.1, 0.15) is 55.1 Å². The number of nitrogens with one attached hydrogen (secondary N) is 2. The number of hydrogen-bond donors (Lipinski definition) is 2. The van der Waals surface area contributed by atoms with Crippen LogP contribution in [0.2, 0.25) is 0 Å². The summed E-state index contributed by atoms with van der Waals surface area (Å²) in [7, 11) is 0. The summed E-state index contributed by atoms with van der Waals surface area (Å²) in [5.74, 6) is -0.259. The minimum absolute atomic E-state index is 0.0928. The topological polar surface area (TPSA) is 71.1 Å². The van der Waals surface area contributed by atoms with Crippen LogP contribution in [0.5, 0.6) is 0 Å². The SMILES string of the molecule is CC(=O)Nc1cc(C(=O)NC2CCCCC2)c2ccc(C)nc2c1. The lowest BCUT2D eigenvalue weighted by Crippen LogP contribution is -2.36. The Bertz CT molecular complexity index is 780. The van der Waals surface area contributed by atoms with Gasteiger partial charge in [0.1, 0.15) is 0 Å². The van der Waals surface area contributed by atoms with Crippen molar-refractivity contribution in [3.63, 3.8) is 0 Å². The highest BCUT2D eigenvalue weighted by atomic mass is 16.2. The lowest BCUT2D eigenvalue weighted by Gasteiger charge is -2.23. The van der Waals surface area contributed by atoms with Gasteiger partial charge in [-0.25, -0.2) is 0 Å². The number of nitrogens with zero attached hydrogens (tertiary/aromatic N) is 1. The average molecular weight is 325 g/mol. The Morgan fingerprint density at radius 2 is 1.88 bits per heavy atom. The minimum atomic E-state index is -0.166. The maximum Gasteiger partial charge on any atom is 0.252 e. The van der Waals surface area contributed by atoms with E-state index in [0.29, 0.717) is 11.3 Å². The van der Waals surface area contributed by atoms with Crippen LogP contribution in [0.25, 0.3) is 10.9 Å². The molecule has 2 aromatic rings. The fourth-order valence-corrected chi connectivity index (χ4v) is 3.31. The Labute approximate surface area is 141 Å². The van der Waals surface area contributed by atoms with Crippen LogP contribution >= 0.6 is 0 Å². The van der Waals surface area contributed by atoms with Crippen LogP contribution in [-0.4, -0.2) is 22.8 Å². The molecule has 0 spiro atoms. The molecule has 24 heavy (non-hydrogen) atoms. The molecule has 1 fully saturated rings. The molecule has 0 aliphatic heterocycles. The first-order chi connectivity index (χ1) is 11.5. The third kappa shape index (κ3) is 3.72. The molecular formula is C19H23N3O2. The van der Waals surface area contributed by atoms with Crippen LogP contribution in [-0.2, 0) is 4.79 Å². The van der Waals surface area contributed by atoms with Crippen LogP contribution in [0, 0.1) is 6.92 Å². The van der Waals surface area contributed by atoms with Crippen molar-refractivity contribution in [2.24, 2.45) is 0 Å². The highest BCUT2D eigenvalue weighted by Gasteiger charge is 2.19. The number of rotatable bonds is 3. The predicted octanol–water partition coefficient (Wildman–Crippen LogP) is 3.56. The number of carbonyl (C=O) groups is 2. The summed E-state index contributed by atoms with van der Waals surface area (Å²) in [5.41, 5.74) is 2.76. The molecule has 126 valence electrons. The van der Waals surface area contributed by atoms with Crippen LogP contribution in [0.4, 0.5) is 5.69 Å². The molecule has 0 bridgehead atoms. The van der Waals surface area contributed by atoms with Gasteiger partial charge in [0.25, 0.3) is 5.91 Å². The number of aromatic nitrogens is 1. The Hall–Kier alpha value is -2.43. The molecule has 0 unspecified atom stereocenters. The number of carbonyl (C=O) groups excluding carboxylic acids is 2. The Morgan fingerprint density at radius 3 is 2.58 bits per heavy atom. The number of aryl methyl sites for hydroxylation is 1. The van der Waals surface area contributed by atoms with E-state index in [0.717, 1.165) is 29.4 Å². The highest BCUT2D eigenvalue weighted by molar-refractivity contribution is 6.08. The van der Waals surface area contributed by atoms with Gasteiger partial charge in [0.2, 0.25) is 5.91 Å². The number of amides is 2. The first-order valence-electron chi connectivity index (χ1n) is 8.53. The van der Waals surface area contributed by atoms with E-state index in [1.54, 1.807) is 12.1 Å². The van der Waals surface area contributed by atoms with E-state index in [9.17, 15) is 9.59 Å². The van der Waals surface area contributed by atoms with Crippen LogP contribution in [0.3, 0.4) is 0 Å². The Morgan fingerprint density at radius 1 is 1.12 bits per heavy atom. The van der Waals surface area contributed by atoms with Crippen molar-refractivity contribution in [2.45, 2.75) is 52.0 Å². The first kappa shape index (κ1) is 16.4. The normalized spacial score (nSPS) is 15.2. The summed E-state index contributed by atoms with van der Waals surface area (Å²) >= 11 is 0. The van der Waals surface area contributed by atoms with Crippen molar-refractivity contribution >= 4 is 28.4 Å². The minimum Gasteiger partial charge on any atom is -0.349 e. The number of fused-ring (bicyclic) bond motifs is 1. The van der Waals surface area contributed by atoms with Gasteiger partial charge in [0, 0.05) is 29.7 Å². The van der Waals surface area contributed by atoms with Crippen molar-refractivity contribution in [2.75, 3.05) is 5.32 Å². The van der Waals surface area contributed by atoms with Gasteiger partial charge in [-0.05, 0) is 38.0 Å². The molecule has 1 saturated carbocycles. The average Bonchev–Trinajstić information content (AvgIpc) is 2.54. The molecule has 2 N–H and O–H groups in total. The third-order valence-electron chi connectivity index (χ3n) is 4.45. The summed E-state index contributed by atoms with van der Waals surface area (Å²) in [6, 6.07) is 7.60. The van der Waals surface area contributed by atoms with E-state index in [1.165, 1.54) is 26.2 Å². The Kier molecular flexibility index (Phi) is 4.79. The van der Waals surface area contributed by atoms with Crippen molar-refractivity contribution in [1.82, 2.24) is 10.3 Å². The van der Waals surface area contributed by atoms with E-state index in [4.69, 9.17) is 0 Å². The number of hydrogen-bond acceptors (Lipinski definition) is 3. The van der Waals surface area contributed by atoms with Gasteiger partial charge in [-0.3, -0.25) is 14.6 Å². The monoisotopic (exact) mass is 325 g/mol. The third-order valence-corrected chi connectivity index (χ3v) is 4.45. The lowest BCUT2D eigenvalue weighted by molar-refractivity contribution is -0.114. The van der Waals surface area contributed by atoms with E-state index in [-0.39, 0.29) is 17.9 Å². The van der Waals surface area contributed by atoms with E-state index >= 15 is 0 Å². The highest BCUT2D eigenvalue weighted by Crippen LogP contribution is 2.24. The van der Waals surface area contributed by atoms with Crippen LogP contribution < -0.4 is 10.6 Å². The predicted molar refractivity (Wildman–Crippen MR) is 95.1 cm³/mol. The maximum atomic E-state index is 12.8. The van der Waals surface area contributed by atoms with E-state index in [1.807, 2.05) is 19.1 Å². The number of pyridine rings is 1. The van der Waals surface area contributed by atoms with Gasteiger partial charge in [0.15, 0.2) is 0 Å². The summed E-state index contributed by atoms with van der Waals surface area (Å²) in [6.07, 6.45) is 5.64.